The molecule has 6 heteroatoms. The number of carbonyl (C=O) groups excluding carboxylic acids is 1. The maximum absolute atomic E-state index is 13.5. The molecule has 2 aromatic rings. The SMILES string of the molecule is [2H]C([2H])(c1ccccc1OCCCCCC(=O)O)N(C(=O)c1ccc(N2CCCC2)cc1)C(C)C. The number of amides is 1. The summed E-state index contributed by atoms with van der Waals surface area (Å²) in [5.41, 5.74) is 1.82. The van der Waals surface area contributed by atoms with Crippen LogP contribution in [0.1, 0.15) is 71.0 Å². The maximum Gasteiger partial charge on any atom is 0.303 e. The van der Waals surface area contributed by atoms with Crippen LogP contribution < -0.4 is 9.64 Å². The number of hydrogen-bond acceptors (Lipinski definition) is 4. The van der Waals surface area contributed by atoms with Crippen molar-refractivity contribution >= 4 is 17.6 Å². The molecule has 6 nitrogen and oxygen atoms in total. The topological polar surface area (TPSA) is 70.1 Å². The lowest BCUT2D eigenvalue weighted by atomic mass is 10.1. The number of carboxylic acid groups (broad SMARTS) is 1. The van der Waals surface area contributed by atoms with E-state index in [1.54, 1.807) is 50.2 Å². The number of anilines is 1. The van der Waals surface area contributed by atoms with Crippen molar-refractivity contribution in [2.75, 3.05) is 24.6 Å². The van der Waals surface area contributed by atoms with Gasteiger partial charge in [0.1, 0.15) is 5.75 Å². The van der Waals surface area contributed by atoms with E-state index in [0.29, 0.717) is 42.7 Å². The Morgan fingerprint density at radius 2 is 1.76 bits per heavy atom. The highest BCUT2D eigenvalue weighted by atomic mass is 16.5. The first-order chi connectivity index (χ1) is 16.7. The highest BCUT2D eigenvalue weighted by Crippen LogP contribution is 2.24. The summed E-state index contributed by atoms with van der Waals surface area (Å²) in [6.07, 6.45) is 4.43. The van der Waals surface area contributed by atoms with E-state index in [0.717, 1.165) is 18.8 Å². The fraction of sp³-hybridized carbons (Fsp3) is 0.481. The number of ether oxygens (including phenoxy) is 1. The Labute approximate surface area is 200 Å². The fourth-order valence-corrected chi connectivity index (χ4v) is 3.90. The van der Waals surface area contributed by atoms with Gasteiger partial charge in [0.15, 0.2) is 0 Å². The molecule has 178 valence electrons. The number of carbonyl (C=O) groups is 2. The Hall–Kier alpha value is -3.02. The van der Waals surface area contributed by atoms with E-state index in [1.807, 2.05) is 12.1 Å². The molecule has 1 aliphatic rings. The molecular weight excluding hydrogens is 416 g/mol. The lowest BCUT2D eigenvalue weighted by molar-refractivity contribution is -0.137. The lowest BCUT2D eigenvalue weighted by Gasteiger charge is -2.28. The molecule has 0 aromatic heterocycles. The first kappa shape index (κ1) is 21.8. The molecule has 0 bridgehead atoms. The summed E-state index contributed by atoms with van der Waals surface area (Å²) >= 11 is 0. The van der Waals surface area contributed by atoms with Crippen molar-refractivity contribution in [2.45, 2.75) is 64.9 Å². The quantitative estimate of drug-likeness (QED) is 0.437. The van der Waals surface area contributed by atoms with Gasteiger partial charge in [0.05, 0.1) is 9.35 Å². The molecule has 1 N–H and O–H groups in total. The summed E-state index contributed by atoms with van der Waals surface area (Å²) in [6.45, 7) is 3.90. The zero-order valence-electron chi connectivity index (χ0n) is 21.6. The van der Waals surface area contributed by atoms with Crippen molar-refractivity contribution in [1.82, 2.24) is 4.90 Å². The van der Waals surface area contributed by atoms with E-state index in [4.69, 9.17) is 12.6 Å². The van der Waals surface area contributed by atoms with Crippen LogP contribution in [0, 0.1) is 0 Å². The number of carboxylic acids is 1. The van der Waals surface area contributed by atoms with E-state index in [2.05, 4.69) is 4.90 Å². The first-order valence-electron chi connectivity index (χ1n) is 12.8. The Kier molecular flexibility index (Phi) is 8.12. The predicted octanol–water partition coefficient (Wildman–Crippen LogP) is 5.36. The number of benzene rings is 2. The van der Waals surface area contributed by atoms with Gasteiger partial charge in [-0.15, -0.1) is 0 Å². The zero-order chi connectivity index (χ0) is 25.4. The smallest absolute Gasteiger partial charge is 0.303 e. The van der Waals surface area contributed by atoms with Crippen molar-refractivity contribution in [1.29, 1.82) is 0 Å². The van der Waals surface area contributed by atoms with Gasteiger partial charge in [0, 0.05) is 48.9 Å². The lowest BCUT2D eigenvalue weighted by Crippen LogP contribution is -2.36. The van der Waals surface area contributed by atoms with E-state index >= 15 is 0 Å². The summed E-state index contributed by atoms with van der Waals surface area (Å²) < 4.78 is 23.8. The minimum atomic E-state index is -2.10. The second-order valence-electron chi connectivity index (χ2n) is 8.67. The first-order valence-corrected chi connectivity index (χ1v) is 11.8. The van der Waals surface area contributed by atoms with Gasteiger partial charge in [0.2, 0.25) is 0 Å². The molecule has 0 aliphatic carbocycles. The van der Waals surface area contributed by atoms with Crippen LogP contribution >= 0.6 is 0 Å². The Bertz CT molecular complexity index is 989. The van der Waals surface area contributed by atoms with E-state index in [1.165, 1.54) is 17.7 Å². The van der Waals surface area contributed by atoms with Crippen molar-refractivity contribution < 1.29 is 22.2 Å². The summed E-state index contributed by atoms with van der Waals surface area (Å²) in [5, 5.41) is 8.75. The largest absolute Gasteiger partial charge is 0.493 e. The van der Waals surface area contributed by atoms with Crippen LogP contribution in [-0.2, 0) is 11.3 Å². The van der Waals surface area contributed by atoms with Gasteiger partial charge >= 0.3 is 5.97 Å². The van der Waals surface area contributed by atoms with Crippen molar-refractivity contribution in [3.05, 3.63) is 59.7 Å². The van der Waals surface area contributed by atoms with Crippen LogP contribution in [0.3, 0.4) is 0 Å². The van der Waals surface area contributed by atoms with Crippen LogP contribution in [-0.4, -0.2) is 47.6 Å². The molecule has 1 saturated heterocycles. The second kappa shape index (κ2) is 12.3. The minimum Gasteiger partial charge on any atom is -0.493 e. The molecular formula is C27H36N2O4. The highest BCUT2D eigenvalue weighted by molar-refractivity contribution is 5.94. The Morgan fingerprint density at radius 1 is 1.06 bits per heavy atom. The Balaban J connectivity index is 1.75. The summed E-state index contributed by atoms with van der Waals surface area (Å²) in [6, 6.07) is 13.9. The summed E-state index contributed by atoms with van der Waals surface area (Å²) in [7, 11) is 0. The van der Waals surface area contributed by atoms with E-state index in [-0.39, 0.29) is 18.4 Å². The average Bonchev–Trinajstić information content (AvgIpc) is 3.36. The monoisotopic (exact) mass is 454 g/mol. The number of aliphatic carboxylic acids is 1. The van der Waals surface area contributed by atoms with Gasteiger partial charge in [-0.3, -0.25) is 9.59 Å². The van der Waals surface area contributed by atoms with Gasteiger partial charge in [-0.25, -0.2) is 0 Å². The number of hydrogen-bond donors (Lipinski definition) is 1. The average molecular weight is 455 g/mol. The number of nitrogens with zero attached hydrogens (tertiary/aromatic N) is 2. The summed E-state index contributed by atoms with van der Waals surface area (Å²) in [5.74, 6) is -0.798. The highest BCUT2D eigenvalue weighted by Gasteiger charge is 2.21. The van der Waals surface area contributed by atoms with E-state index < -0.39 is 12.5 Å². The molecule has 1 heterocycles. The van der Waals surface area contributed by atoms with Gasteiger partial charge in [-0.2, -0.15) is 0 Å². The molecule has 0 radical (unpaired) electrons. The normalized spacial score (nSPS) is 14.7. The molecule has 2 aromatic carbocycles. The third-order valence-corrected chi connectivity index (χ3v) is 5.74. The van der Waals surface area contributed by atoms with Crippen LogP contribution in [0.25, 0.3) is 0 Å². The molecule has 0 spiro atoms. The molecule has 0 unspecified atom stereocenters. The molecule has 33 heavy (non-hydrogen) atoms. The number of rotatable bonds is 12. The van der Waals surface area contributed by atoms with Gasteiger partial charge < -0.3 is 19.6 Å². The predicted molar refractivity (Wildman–Crippen MR) is 131 cm³/mol. The molecule has 3 rings (SSSR count). The third-order valence-electron chi connectivity index (χ3n) is 5.74. The van der Waals surface area contributed by atoms with Crippen molar-refractivity contribution in [3.63, 3.8) is 0 Å². The number of unbranched alkanes of at least 4 members (excludes halogenated alkanes) is 2. The minimum absolute atomic E-state index is 0.129. The number of para-hydroxylation sites is 1. The van der Waals surface area contributed by atoms with Gasteiger partial charge in [-0.1, -0.05) is 18.2 Å². The van der Waals surface area contributed by atoms with Crippen LogP contribution in [0.5, 0.6) is 5.75 Å². The van der Waals surface area contributed by atoms with Crippen LogP contribution in [0.4, 0.5) is 5.69 Å². The van der Waals surface area contributed by atoms with Gasteiger partial charge in [0.25, 0.3) is 5.91 Å². The fourth-order valence-electron chi connectivity index (χ4n) is 3.90. The van der Waals surface area contributed by atoms with Crippen molar-refractivity contribution in [3.8, 4) is 5.75 Å². The third kappa shape index (κ3) is 7.24. The second-order valence-corrected chi connectivity index (χ2v) is 8.67. The zero-order valence-corrected chi connectivity index (χ0v) is 19.6. The molecule has 0 atom stereocenters. The molecule has 0 saturated carbocycles. The van der Waals surface area contributed by atoms with Crippen LogP contribution in [0.15, 0.2) is 48.5 Å². The Morgan fingerprint density at radius 3 is 2.42 bits per heavy atom. The molecule has 1 amide bonds. The van der Waals surface area contributed by atoms with Crippen molar-refractivity contribution in [2.24, 2.45) is 0 Å². The maximum atomic E-state index is 13.5. The summed E-state index contributed by atoms with van der Waals surface area (Å²) in [4.78, 5) is 27.7. The molecule has 1 aliphatic heterocycles. The van der Waals surface area contributed by atoms with E-state index in [9.17, 15) is 9.59 Å². The standard InChI is InChI=1S/C27H36N2O4/c1-21(2)29(27(32)22-13-15-24(16-14-22)28-17-7-8-18-28)20-23-10-5-6-11-25(23)33-19-9-3-4-12-26(30)31/h5-6,10-11,13-16,21H,3-4,7-9,12,17-20H2,1-2H3,(H,30,31)/i20D2. The van der Waals surface area contributed by atoms with Gasteiger partial charge in [-0.05, 0) is 76.3 Å². The van der Waals surface area contributed by atoms with Crippen LogP contribution in [0.2, 0.25) is 0 Å². The molecule has 1 fully saturated rings.